The van der Waals surface area contributed by atoms with Crippen LogP contribution in [0.3, 0.4) is 0 Å². The van der Waals surface area contributed by atoms with E-state index in [-0.39, 0.29) is 5.91 Å². The number of imidazole rings is 1. The van der Waals surface area contributed by atoms with Gasteiger partial charge in [-0.2, -0.15) is 0 Å². The second kappa shape index (κ2) is 6.26. The molecule has 0 saturated heterocycles. The van der Waals surface area contributed by atoms with Crippen molar-refractivity contribution >= 4 is 55.8 Å². The second-order valence-corrected chi connectivity index (χ2v) is 7.16. The number of thioether (sulfide) groups is 1. The first-order valence-electron chi connectivity index (χ1n) is 7.41. The van der Waals surface area contributed by atoms with Crippen LogP contribution in [-0.4, -0.2) is 20.9 Å². The molecule has 0 saturated carbocycles. The van der Waals surface area contributed by atoms with Gasteiger partial charge in [-0.3, -0.25) is 9.78 Å². The SMILES string of the molecule is CC(=O)Nc1csc2c(CSc3nc4ccccc4[nH]3)nccc12. The Kier molecular flexibility index (Phi) is 3.95. The molecule has 120 valence electrons. The van der Waals surface area contributed by atoms with Gasteiger partial charge in [0.15, 0.2) is 5.16 Å². The van der Waals surface area contributed by atoms with Crippen molar-refractivity contribution in [2.75, 3.05) is 5.32 Å². The number of fused-ring (bicyclic) bond motifs is 2. The van der Waals surface area contributed by atoms with Crippen molar-refractivity contribution in [3.05, 3.63) is 47.6 Å². The number of hydrogen-bond acceptors (Lipinski definition) is 5. The summed E-state index contributed by atoms with van der Waals surface area (Å²) < 4.78 is 1.10. The number of H-pyrrole nitrogens is 1. The first-order chi connectivity index (χ1) is 11.7. The van der Waals surface area contributed by atoms with Crippen molar-refractivity contribution in [1.82, 2.24) is 15.0 Å². The topological polar surface area (TPSA) is 70.7 Å². The van der Waals surface area contributed by atoms with Crippen LogP contribution >= 0.6 is 23.1 Å². The monoisotopic (exact) mass is 354 g/mol. The predicted octanol–water partition coefficient (Wildman–Crippen LogP) is 4.42. The molecular formula is C17H14N4OS2. The van der Waals surface area contributed by atoms with E-state index in [1.54, 1.807) is 29.3 Å². The van der Waals surface area contributed by atoms with Crippen LogP contribution in [0, 0.1) is 0 Å². The van der Waals surface area contributed by atoms with E-state index in [0.717, 1.165) is 43.4 Å². The number of aromatic amines is 1. The maximum Gasteiger partial charge on any atom is 0.221 e. The van der Waals surface area contributed by atoms with Gasteiger partial charge < -0.3 is 10.3 Å². The molecule has 3 aromatic heterocycles. The number of benzene rings is 1. The molecule has 0 radical (unpaired) electrons. The van der Waals surface area contributed by atoms with Gasteiger partial charge >= 0.3 is 0 Å². The quantitative estimate of drug-likeness (QED) is 0.532. The number of rotatable bonds is 4. The summed E-state index contributed by atoms with van der Waals surface area (Å²) >= 11 is 3.23. The molecule has 5 nitrogen and oxygen atoms in total. The lowest BCUT2D eigenvalue weighted by molar-refractivity contribution is -0.114. The Hall–Kier alpha value is -2.38. The van der Waals surface area contributed by atoms with Gasteiger partial charge in [-0.25, -0.2) is 4.98 Å². The number of aromatic nitrogens is 3. The van der Waals surface area contributed by atoms with Crippen LogP contribution in [0.5, 0.6) is 0 Å². The molecule has 0 bridgehead atoms. The molecular weight excluding hydrogens is 340 g/mol. The lowest BCUT2D eigenvalue weighted by atomic mass is 10.2. The van der Waals surface area contributed by atoms with Gasteiger partial charge in [0.1, 0.15) is 0 Å². The lowest BCUT2D eigenvalue weighted by Crippen LogP contribution is -2.04. The normalized spacial score (nSPS) is 11.2. The molecule has 2 N–H and O–H groups in total. The van der Waals surface area contributed by atoms with E-state index in [9.17, 15) is 4.79 Å². The van der Waals surface area contributed by atoms with Gasteiger partial charge in [0.25, 0.3) is 0 Å². The number of nitrogens with one attached hydrogen (secondary N) is 2. The van der Waals surface area contributed by atoms with Crippen LogP contribution in [0.25, 0.3) is 21.1 Å². The molecule has 0 aliphatic rings. The third kappa shape index (κ3) is 2.88. The first-order valence-corrected chi connectivity index (χ1v) is 9.27. The summed E-state index contributed by atoms with van der Waals surface area (Å²) in [4.78, 5) is 23.7. The zero-order chi connectivity index (χ0) is 16.5. The predicted molar refractivity (Wildman–Crippen MR) is 99.6 cm³/mol. The van der Waals surface area contributed by atoms with Crippen molar-refractivity contribution < 1.29 is 4.79 Å². The fourth-order valence-corrected chi connectivity index (χ4v) is 4.46. The number of para-hydroxylation sites is 2. The van der Waals surface area contributed by atoms with Crippen LogP contribution in [0.15, 0.2) is 47.1 Å². The average molecular weight is 354 g/mol. The summed E-state index contributed by atoms with van der Waals surface area (Å²) in [7, 11) is 0. The second-order valence-electron chi connectivity index (χ2n) is 5.31. The molecule has 24 heavy (non-hydrogen) atoms. The third-order valence-electron chi connectivity index (χ3n) is 3.59. The molecule has 0 unspecified atom stereocenters. The summed E-state index contributed by atoms with van der Waals surface area (Å²) in [5.74, 6) is 0.654. The molecule has 1 aromatic carbocycles. The largest absolute Gasteiger partial charge is 0.333 e. The van der Waals surface area contributed by atoms with Crippen LogP contribution in [0.1, 0.15) is 12.6 Å². The van der Waals surface area contributed by atoms with E-state index in [2.05, 4.69) is 20.3 Å². The van der Waals surface area contributed by atoms with E-state index in [1.165, 1.54) is 6.92 Å². The molecule has 0 aliphatic heterocycles. The first kappa shape index (κ1) is 15.2. The minimum atomic E-state index is -0.0651. The zero-order valence-corrected chi connectivity index (χ0v) is 14.5. The van der Waals surface area contributed by atoms with E-state index >= 15 is 0 Å². The highest BCUT2D eigenvalue weighted by atomic mass is 32.2. The number of carbonyl (C=O) groups excluding carboxylic acids is 1. The summed E-state index contributed by atoms with van der Waals surface area (Å²) in [5.41, 5.74) is 3.85. The Morgan fingerprint density at radius 3 is 3.04 bits per heavy atom. The fraction of sp³-hybridized carbons (Fsp3) is 0.118. The minimum Gasteiger partial charge on any atom is -0.333 e. The summed E-state index contributed by atoms with van der Waals surface area (Å²) in [5, 5.41) is 6.74. The van der Waals surface area contributed by atoms with Gasteiger partial charge in [-0.05, 0) is 18.2 Å². The Labute approximate surface area is 146 Å². The molecule has 7 heteroatoms. The van der Waals surface area contributed by atoms with Crippen molar-refractivity contribution in [3.63, 3.8) is 0 Å². The zero-order valence-electron chi connectivity index (χ0n) is 12.9. The molecule has 3 heterocycles. The molecule has 4 aromatic rings. The van der Waals surface area contributed by atoms with Crippen LogP contribution in [0.2, 0.25) is 0 Å². The van der Waals surface area contributed by atoms with Crippen LogP contribution in [0.4, 0.5) is 5.69 Å². The smallest absolute Gasteiger partial charge is 0.221 e. The molecule has 0 fully saturated rings. The molecule has 1 amide bonds. The van der Waals surface area contributed by atoms with Crippen LogP contribution in [-0.2, 0) is 10.5 Å². The van der Waals surface area contributed by atoms with Crippen molar-refractivity contribution in [3.8, 4) is 0 Å². The van der Waals surface area contributed by atoms with Gasteiger partial charge in [0.2, 0.25) is 5.91 Å². The molecule has 0 atom stereocenters. The number of pyridine rings is 1. The maximum absolute atomic E-state index is 11.3. The highest BCUT2D eigenvalue weighted by Crippen LogP contribution is 2.34. The number of hydrogen-bond donors (Lipinski definition) is 2. The summed E-state index contributed by atoms with van der Waals surface area (Å²) in [6.45, 7) is 1.52. The van der Waals surface area contributed by atoms with Gasteiger partial charge in [0, 0.05) is 29.6 Å². The number of thiophene rings is 1. The van der Waals surface area contributed by atoms with Crippen LogP contribution < -0.4 is 5.32 Å². The van der Waals surface area contributed by atoms with Crippen molar-refractivity contribution in [2.45, 2.75) is 17.8 Å². The van der Waals surface area contributed by atoms with E-state index in [1.807, 2.05) is 35.7 Å². The van der Waals surface area contributed by atoms with Gasteiger partial charge in [0.05, 0.1) is 27.1 Å². The fourth-order valence-electron chi connectivity index (χ4n) is 2.54. The number of carbonyl (C=O) groups is 1. The Morgan fingerprint density at radius 2 is 2.21 bits per heavy atom. The summed E-state index contributed by atoms with van der Waals surface area (Å²) in [6.07, 6.45) is 1.79. The minimum absolute atomic E-state index is 0.0651. The van der Waals surface area contributed by atoms with E-state index in [0.29, 0.717) is 0 Å². The van der Waals surface area contributed by atoms with Gasteiger partial charge in [-0.1, -0.05) is 23.9 Å². The highest BCUT2D eigenvalue weighted by molar-refractivity contribution is 7.98. The third-order valence-corrected chi connectivity index (χ3v) is 5.52. The van der Waals surface area contributed by atoms with Gasteiger partial charge in [-0.15, -0.1) is 11.3 Å². The lowest BCUT2D eigenvalue weighted by Gasteiger charge is -2.02. The number of nitrogens with zero attached hydrogens (tertiary/aromatic N) is 2. The molecule has 4 rings (SSSR count). The average Bonchev–Trinajstić information content (AvgIpc) is 3.16. The van der Waals surface area contributed by atoms with E-state index < -0.39 is 0 Å². The maximum atomic E-state index is 11.3. The number of anilines is 1. The van der Waals surface area contributed by atoms with Crippen molar-refractivity contribution in [2.24, 2.45) is 0 Å². The Balaban J connectivity index is 1.60. The molecule has 0 aliphatic carbocycles. The molecule has 0 spiro atoms. The summed E-state index contributed by atoms with van der Waals surface area (Å²) in [6, 6.07) is 9.92. The Morgan fingerprint density at radius 1 is 1.33 bits per heavy atom. The standard InChI is InChI=1S/C17H14N4OS2/c1-10(22)19-14-8-23-16-11(14)6-7-18-15(16)9-24-17-20-12-4-2-3-5-13(12)21-17/h2-8H,9H2,1H3,(H,19,22)(H,20,21). The van der Waals surface area contributed by atoms with E-state index in [4.69, 9.17) is 0 Å². The van der Waals surface area contributed by atoms with Crippen molar-refractivity contribution in [1.29, 1.82) is 0 Å². The Bertz CT molecular complexity index is 1000. The number of amides is 1. The highest BCUT2D eigenvalue weighted by Gasteiger charge is 2.11.